The van der Waals surface area contributed by atoms with Gasteiger partial charge in [-0.15, -0.1) is 4.91 Å². The van der Waals surface area contributed by atoms with Crippen LogP contribution in [0, 0.1) is 11.8 Å². The maximum absolute atomic E-state index is 12.6. The zero-order valence-corrected chi connectivity index (χ0v) is 15.4. The molecule has 3 aromatic rings. The van der Waals surface area contributed by atoms with Gasteiger partial charge in [-0.1, -0.05) is 32.0 Å². The minimum Gasteiger partial charge on any atom is -0.367 e. The number of rotatable bonds is 3. The van der Waals surface area contributed by atoms with Crippen molar-refractivity contribution in [3.05, 3.63) is 65.3 Å². The molecule has 2 heterocycles. The van der Waals surface area contributed by atoms with Gasteiger partial charge in [-0.25, -0.2) is 17.4 Å². The first-order chi connectivity index (χ1) is 12.0. The first-order valence-corrected chi connectivity index (χ1v) is 9.05. The molecule has 7 nitrogen and oxygen atoms in total. The van der Waals surface area contributed by atoms with Gasteiger partial charge in [0, 0.05) is 17.8 Å². The Morgan fingerprint density at radius 2 is 1.68 bits per heavy atom. The van der Waals surface area contributed by atoms with Crippen molar-refractivity contribution in [3.63, 3.8) is 0 Å². The molecule has 0 radical (unpaired) electrons. The highest BCUT2D eigenvalue weighted by Gasteiger charge is 2.20. The van der Waals surface area contributed by atoms with Crippen LogP contribution in [0.5, 0.6) is 0 Å². The molecule has 0 N–H and O–H groups in total. The van der Waals surface area contributed by atoms with Crippen molar-refractivity contribution in [1.29, 1.82) is 0 Å². The number of benzene rings is 1. The summed E-state index contributed by atoms with van der Waals surface area (Å²) in [5, 5.41) is 2.84. The second-order valence-electron chi connectivity index (χ2n) is 4.56. The average molecular weight is 363 g/mol. The molecule has 134 valence electrons. The lowest BCUT2D eigenvalue weighted by Crippen LogP contribution is -2.12. The molecule has 3 rings (SSSR count). The van der Waals surface area contributed by atoms with Crippen LogP contribution >= 0.6 is 0 Å². The molecular formula is C17H21N3O4S. The van der Waals surface area contributed by atoms with Crippen LogP contribution < -0.4 is 0 Å². The molecule has 0 spiro atoms. The first-order valence-electron chi connectivity index (χ1n) is 7.61. The maximum Gasteiger partial charge on any atom is 0.269 e. The van der Waals surface area contributed by atoms with Crippen molar-refractivity contribution in [1.82, 2.24) is 8.96 Å². The first kappa shape index (κ1) is 20.3. The molecular weight excluding hydrogens is 342 g/mol. The lowest BCUT2D eigenvalue weighted by molar-refractivity contribution is 0.208. The molecule has 0 unspecified atom stereocenters. The highest BCUT2D eigenvalue weighted by Crippen LogP contribution is 2.23. The number of hydrogen-bond acceptors (Lipinski definition) is 6. The summed E-state index contributed by atoms with van der Waals surface area (Å²) in [6.45, 7) is 5.88. The number of aryl methyl sites for hydroxylation is 1. The minimum absolute atomic E-state index is 0.262. The van der Waals surface area contributed by atoms with Gasteiger partial charge in [-0.05, 0) is 36.8 Å². The lowest BCUT2D eigenvalue weighted by atomic mass is 10.2. The average Bonchev–Trinajstić information content (AvgIpc) is 3.02. The van der Waals surface area contributed by atoms with Crippen LogP contribution in [0.4, 0.5) is 0 Å². The SMILES string of the molecule is CC.CON=O.Cc1cn(S(=O)(=O)c2ccccc2)c2ncccc12. The number of hydrogen-bond donors (Lipinski definition) is 0. The van der Waals surface area contributed by atoms with Gasteiger partial charge in [0.15, 0.2) is 11.0 Å². The standard InChI is InChI=1S/C14H12N2O2S.C2H6.CH3NO2/c1-11-10-16(14-13(11)8-5-9-15-14)19(17,18)12-6-3-2-4-7-12;1-2;1-4-2-3/h2-10H,1H3;1-2H3;1H3. The summed E-state index contributed by atoms with van der Waals surface area (Å²) in [4.78, 5) is 16.8. The normalized spacial score (nSPS) is 10.1. The number of pyridine rings is 1. The maximum atomic E-state index is 12.6. The molecule has 0 aliphatic rings. The van der Waals surface area contributed by atoms with Crippen LogP contribution in [-0.4, -0.2) is 24.5 Å². The molecule has 0 amide bonds. The van der Waals surface area contributed by atoms with E-state index in [0.717, 1.165) is 10.9 Å². The summed E-state index contributed by atoms with van der Waals surface area (Å²) in [6.07, 6.45) is 3.21. The Bertz CT molecular complexity index is 906. The molecule has 1 aromatic carbocycles. The van der Waals surface area contributed by atoms with Crippen LogP contribution in [0.15, 0.2) is 65.1 Å². The third-order valence-electron chi connectivity index (χ3n) is 3.11. The van der Waals surface area contributed by atoms with Crippen LogP contribution in [0.3, 0.4) is 0 Å². The Morgan fingerprint density at radius 3 is 2.24 bits per heavy atom. The van der Waals surface area contributed by atoms with Gasteiger partial charge < -0.3 is 4.84 Å². The Hall–Kier alpha value is -2.74. The van der Waals surface area contributed by atoms with Crippen molar-refractivity contribution in [2.45, 2.75) is 25.7 Å². The van der Waals surface area contributed by atoms with Crippen molar-refractivity contribution in [2.24, 2.45) is 5.34 Å². The predicted molar refractivity (Wildman–Crippen MR) is 97.6 cm³/mol. The van der Waals surface area contributed by atoms with E-state index in [4.69, 9.17) is 4.91 Å². The number of fused-ring (bicyclic) bond motifs is 1. The van der Waals surface area contributed by atoms with Gasteiger partial charge >= 0.3 is 0 Å². The van der Waals surface area contributed by atoms with Gasteiger partial charge in [0.2, 0.25) is 0 Å². The fourth-order valence-corrected chi connectivity index (χ4v) is 3.47. The van der Waals surface area contributed by atoms with Crippen LogP contribution in [0.2, 0.25) is 0 Å². The Morgan fingerprint density at radius 1 is 1.08 bits per heavy atom. The molecule has 0 aliphatic carbocycles. The summed E-state index contributed by atoms with van der Waals surface area (Å²) >= 11 is 0. The van der Waals surface area contributed by atoms with Crippen molar-refractivity contribution in [3.8, 4) is 0 Å². The topological polar surface area (TPSA) is 90.6 Å². The Balaban J connectivity index is 0.000000461. The highest BCUT2D eigenvalue weighted by atomic mass is 32.2. The van der Waals surface area contributed by atoms with E-state index in [1.807, 2.05) is 32.2 Å². The summed E-state index contributed by atoms with van der Waals surface area (Å²) < 4.78 is 26.4. The fraction of sp³-hybridized carbons (Fsp3) is 0.235. The van der Waals surface area contributed by atoms with Gasteiger partial charge in [0.25, 0.3) is 10.0 Å². The molecule has 2 aromatic heterocycles. The van der Waals surface area contributed by atoms with Crippen LogP contribution in [-0.2, 0) is 14.9 Å². The molecule has 0 saturated heterocycles. The van der Waals surface area contributed by atoms with Gasteiger partial charge in [0.1, 0.15) is 7.11 Å². The van der Waals surface area contributed by atoms with E-state index in [0.29, 0.717) is 5.65 Å². The van der Waals surface area contributed by atoms with Gasteiger partial charge in [0.05, 0.1) is 4.90 Å². The largest absolute Gasteiger partial charge is 0.367 e. The van der Waals surface area contributed by atoms with E-state index >= 15 is 0 Å². The lowest BCUT2D eigenvalue weighted by Gasteiger charge is -2.06. The molecule has 8 heteroatoms. The smallest absolute Gasteiger partial charge is 0.269 e. The predicted octanol–water partition coefficient (Wildman–Crippen LogP) is 3.92. The molecule has 0 bridgehead atoms. The fourth-order valence-electron chi connectivity index (χ4n) is 2.08. The van der Waals surface area contributed by atoms with Crippen molar-refractivity contribution in [2.75, 3.05) is 7.11 Å². The highest BCUT2D eigenvalue weighted by molar-refractivity contribution is 7.90. The van der Waals surface area contributed by atoms with Crippen LogP contribution in [0.25, 0.3) is 11.0 Å². The quantitative estimate of drug-likeness (QED) is 0.519. The molecule has 0 aliphatic heterocycles. The van der Waals surface area contributed by atoms with Gasteiger partial charge in [-0.2, -0.15) is 0 Å². The summed E-state index contributed by atoms with van der Waals surface area (Å²) in [6, 6.07) is 12.0. The van der Waals surface area contributed by atoms with E-state index in [1.54, 1.807) is 48.8 Å². The number of aromatic nitrogens is 2. The second kappa shape index (κ2) is 9.53. The van der Waals surface area contributed by atoms with Crippen molar-refractivity contribution < 1.29 is 13.3 Å². The summed E-state index contributed by atoms with van der Waals surface area (Å²) in [5.41, 5.74) is 1.35. The summed E-state index contributed by atoms with van der Waals surface area (Å²) in [7, 11) is -2.39. The second-order valence-corrected chi connectivity index (χ2v) is 6.37. The van der Waals surface area contributed by atoms with E-state index in [2.05, 4.69) is 9.82 Å². The number of nitrogens with zero attached hydrogens (tertiary/aromatic N) is 3. The molecule has 0 saturated carbocycles. The van der Waals surface area contributed by atoms with Crippen LogP contribution in [0.1, 0.15) is 19.4 Å². The van der Waals surface area contributed by atoms with E-state index in [-0.39, 0.29) is 4.90 Å². The molecule has 25 heavy (non-hydrogen) atoms. The zero-order valence-electron chi connectivity index (χ0n) is 14.6. The Kier molecular flexibility index (Phi) is 7.74. The third-order valence-corrected chi connectivity index (χ3v) is 4.77. The van der Waals surface area contributed by atoms with Gasteiger partial charge in [-0.3, -0.25) is 0 Å². The monoisotopic (exact) mass is 363 g/mol. The third kappa shape index (κ3) is 4.63. The van der Waals surface area contributed by atoms with E-state index in [1.165, 1.54) is 11.1 Å². The Labute approximate surface area is 147 Å². The van der Waals surface area contributed by atoms with E-state index in [9.17, 15) is 8.42 Å². The summed E-state index contributed by atoms with van der Waals surface area (Å²) in [5.74, 6) is 0. The molecule has 0 atom stereocenters. The minimum atomic E-state index is -3.59. The van der Waals surface area contributed by atoms with Crippen molar-refractivity contribution >= 4 is 21.1 Å². The van der Waals surface area contributed by atoms with E-state index < -0.39 is 10.0 Å². The zero-order chi connectivity index (χ0) is 18.9. The molecule has 0 fully saturated rings.